The largest absolute Gasteiger partial charge is 0.497 e. The Morgan fingerprint density at radius 1 is 1.06 bits per heavy atom. The van der Waals surface area contributed by atoms with Crippen molar-refractivity contribution in [2.45, 2.75) is 32.0 Å². The van der Waals surface area contributed by atoms with Gasteiger partial charge in [-0.1, -0.05) is 43.3 Å². The Labute approximate surface area is 198 Å². The molecule has 8 nitrogen and oxygen atoms in total. The van der Waals surface area contributed by atoms with Crippen molar-refractivity contribution < 1.29 is 14.3 Å². The molecular weight excluding hydrogens is 438 g/mol. The SMILES string of the molecule is COc1ccc(NC(=O)CSc2nnc([C@H](NC(=O)c3ccc(C)cc3)C(C)C)n2C)cc1. The Morgan fingerprint density at radius 3 is 2.33 bits per heavy atom. The van der Waals surface area contributed by atoms with Crippen LogP contribution in [0.5, 0.6) is 5.75 Å². The van der Waals surface area contributed by atoms with Gasteiger partial charge in [0.1, 0.15) is 5.75 Å². The number of benzene rings is 2. The molecule has 0 fully saturated rings. The average Bonchev–Trinajstić information content (AvgIpc) is 3.16. The fraction of sp³-hybridized carbons (Fsp3) is 0.333. The number of thioether (sulfide) groups is 1. The average molecular weight is 468 g/mol. The molecule has 1 heterocycles. The van der Waals surface area contributed by atoms with Crippen LogP contribution in [0.4, 0.5) is 5.69 Å². The predicted molar refractivity (Wildman–Crippen MR) is 130 cm³/mol. The van der Waals surface area contributed by atoms with Crippen molar-refractivity contribution in [1.82, 2.24) is 20.1 Å². The maximum Gasteiger partial charge on any atom is 0.251 e. The molecule has 0 radical (unpaired) electrons. The van der Waals surface area contributed by atoms with E-state index >= 15 is 0 Å². The van der Waals surface area contributed by atoms with Crippen LogP contribution in [0, 0.1) is 12.8 Å². The van der Waals surface area contributed by atoms with Gasteiger partial charge < -0.3 is 19.9 Å². The Kier molecular flexibility index (Phi) is 8.11. The number of nitrogens with one attached hydrogen (secondary N) is 2. The maximum atomic E-state index is 12.8. The first kappa shape index (κ1) is 24.3. The molecule has 3 rings (SSSR count). The number of hydrogen-bond donors (Lipinski definition) is 2. The Balaban J connectivity index is 1.63. The quantitative estimate of drug-likeness (QED) is 0.462. The van der Waals surface area contributed by atoms with E-state index in [1.54, 1.807) is 43.5 Å². The summed E-state index contributed by atoms with van der Waals surface area (Å²) in [6, 6.07) is 14.3. The summed E-state index contributed by atoms with van der Waals surface area (Å²) in [7, 11) is 3.43. The van der Waals surface area contributed by atoms with Crippen molar-refractivity contribution in [3.63, 3.8) is 0 Å². The third kappa shape index (κ3) is 6.35. The summed E-state index contributed by atoms with van der Waals surface area (Å²) in [5.41, 5.74) is 2.38. The molecule has 0 aliphatic heterocycles. The molecule has 3 aromatic rings. The molecule has 0 bridgehead atoms. The Hall–Kier alpha value is -3.33. The highest BCUT2D eigenvalue weighted by molar-refractivity contribution is 7.99. The summed E-state index contributed by atoms with van der Waals surface area (Å²) < 4.78 is 6.95. The second-order valence-electron chi connectivity index (χ2n) is 8.03. The number of nitrogens with zero attached hydrogens (tertiary/aromatic N) is 3. The summed E-state index contributed by atoms with van der Waals surface area (Å²) in [4.78, 5) is 25.1. The fourth-order valence-electron chi connectivity index (χ4n) is 3.18. The molecule has 0 aliphatic rings. The topological polar surface area (TPSA) is 98.1 Å². The van der Waals surface area contributed by atoms with E-state index in [0.717, 1.165) is 11.3 Å². The smallest absolute Gasteiger partial charge is 0.251 e. The van der Waals surface area contributed by atoms with Crippen LogP contribution in [0.1, 0.15) is 41.6 Å². The van der Waals surface area contributed by atoms with Crippen LogP contribution in [0.2, 0.25) is 0 Å². The van der Waals surface area contributed by atoms with E-state index in [9.17, 15) is 9.59 Å². The van der Waals surface area contributed by atoms with Crippen LogP contribution in [0.25, 0.3) is 0 Å². The number of ether oxygens (including phenoxy) is 1. The van der Waals surface area contributed by atoms with Crippen molar-refractivity contribution in [2.75, 3.05) is 18.2 Å². The van der Waals surface area contributed by atoms with Gasteiger partial charge in [-0.3, -0.25) is 9.59 Å². The van der Waals surface area contributed by atoms with Crippen molar-refractivity contribution in [3.8, 4) is 5.75 Å². The van der Waals surface area contributed by atoms with Crippen LogP contribution in [-0.4, -0.2) is 39.4 Å². The summed E-state index contributed by atoms with van der Waals surface area (Å²) >= 11 is 1.29. The van der Waals surface area contributed by atoms with Crippen molar-refractivity contribution >= 4 is 29.3 Å². The van der Waals surface area contributed by atoms with Gasteiger partial charge in [-0.2, -0.15) is 0 Å². The van der Waals surface area contributed by atoms with E-state index in [1.807, 2.05) is 44.5 Å². The van der Waals surface area contributed by atoms with Crippen molar-refractivity contribution in [3.05, 3.63) is 65.5 Å². The highest BCUT2D eigenvalue weighted by atomic mass is 32.2. The minimum atomic E-state index is -0.321. The fourth-order valence-corrected chi connectivity index (χ4v) is 3.90. The number of hydrogen-bond acceptors (Lipinski definition) is 6. The Morgan fingerprint density at radius 2 is 1.73 bits per heavy atom. The lowest BCUT2D eigenvalue weighted by Gasteiger charge is -2.21. The normalized spacial score (nSPS) is 11.8. The first-order chi connectivity index (χ1) is 15.8. The molecular formula is C24H29N5O3S. The summed E-state index contributed by atoms with van der Waals surface area (Å²) in [6.07, 6.45) is 0. The lowest BCUT2D eigenvalue weighted by atomic mass is 10.0. The lowest BCUT2D eigenvalue weighted by molar-refractivity contribution is -0.113. The number of rotatable bonds is 9. The Bertz CT molecular complexity index is 1090. The molecule has 0 saturated heterocycles. The van der Waals surface area contributed by atoms with Crippen LogP contribution in [0.15, 0.2) is 53.7 Å². The van der Waals surface area contributed by atoms with E-state index in [-0.39, 0.29) is 29.5 Å². The molecule has 0 aliphatic carbocycles. The summed E-state index contributed by atoms with van der Waals surface area (Å²) in [6.45, 7) is 6.02. The van der Waals surface area contributed by atoms with Gasteiger partial charge in [-0.25, -0.2) is 0 Å². The highest BCUT2D eigenvalue weighted by Crippen LogP contribution is 2.25. The molecule has 0 spiro atoms. The summed E-state index contributed by atoms with van der Waals surface area (Å²) in [5.74, 6) is 1.33. The third-order valence-corrected chi connectivity index (χ3v) is 6.14. The molecule has 1 atom stereocenters. The minimum Gasteiger partial charge on any atom is -0.497 e. The molecule has 2 amide bonds. The zero-order chi connectivity index (χ0) is 24.0. The van der Waals surface area contributed by atoms with Crippen LogP contribution in [-0.2, 0) is 11.8 Å². The van der Waals surface area contributed by atoms with Gasteiger partial charge in [-0.15, -0.1) is 10.2 Å². The number of aryl methyl sites for hydroxylation is 1. The number of anilines is 1. The van der Waals surface area contributed by atoms with Gasteiger partial charge in [0.15, 0.2) is 11.0 Å². The molecule has 174 valence electrons. The highest BCUT2D eigenvalue weighted by Gasteiger charge is 2.25. The number of carbonyl (C=O) groups is 2. The molecule has 0 saturated carbocycles. The van der Waals surface area contributed by atoms with Crippen molar-refractivity contribution in [1.29, 1.82) is 0 Å². The molecule has 2 N–H and O–H groups in total. The first-order valence-corrected chi connectivity index (χ1v) is 11.6. The second kappa shape index (κ2) is 11.0. The molecule has 2 aromatic carbocycles. The molecule has 9 heteroatoms. The molecule has 0 unspecified atom stereocenters. The molecule has 33 heavy (non-hydrogen) atoms. The minimum absolute atomic E-state index is 0.0959. The van der Waals surface area contributed by atoms with Gasteiger partial charge in [0.2, 0.25) is 5.91 Å². The summed E-state index contributed by atoms with van der Waals surface area (Å²) in [5, 5.41) is 15.1. The second-order valence-corrected chi connectivity index (χ2v) is 8.97. The van der Waals surface area contributed by atoms with Crippen molar-refractivity contribution in [2.24, 2.45) is 13.0 Å². The van der Waals surface area contributed by atoms with E-state index in [0.29, 0.717) is 22.2 Å². The maximum absolute atomic E-state index is 12.8. The third-order valence-electron chi connectivity index (χ3n) is 5.12. The van der Waals surface area contributed by atoms with Crippen LogP contribution in [0.3, 0.4) is 0 Å². The van der Waals surface area contributed by atoms with Crippen LogP contribution < -0.4 is 15.4 Å². The van der Waals surface area contributed by atoms with E-state index < -0.39 is 0 Å². The van der Waals surface area contributed by atoms with Gasteiger partial charge in [0, 0.05) is 18.3 Å². The first-order valence-electron chi connectivity index (χ1n) is 10.6. The van der Waals surface area contributed by atoms with Gasteiger partial charge in [-0.05, 0) is 49.2 Å². The van der Waals surface area contributed by atoms with Crippen LogP contribution >= 0.6 is 11.8 Å². The van der Waals surface area contributed by atoms with Gasteiger partial charge >= 0.3 is 0 Å². The standard InChI is InChI=1S/C24H29N5O3S/c1-15(2)21(26-23(31)17-8-6-16(3)7-9-17)22-27-28-24(29(22)4)33-14-20(30)25-18-10-12-19(32-5)13-11-18/h6-13,15,21H,14H2,1-5H3,(H,25,30)(H,26,31)/t21-/m1/s1. The van der Waals surface area contributed by atoms with Gasteiger partial charge in [0.05, 0.1) is 18.9 Å². The number of amides is 2. The monoisotopic (exact) mass is 467 g/mol. The molecule has 1 aromatic heterocycles. The van der Waals surface area contributed by atoms with E-state index in [4.69, 9.17) is 4.74 Å². The van der Waals surface area contributed by atoms with Gasteiger partial charge in [0.25, 0.3) is 5.91 Å². The number of carbonyl (C=O) groups excluding carboxylic acids is 2. The van der Waals surface area contributed by atoms with E-state index in [1.165, 1.54) is 11.8 Å². The number of aromatic nitrogens is 3. The lowest BCUT2D eigenvalue weighted by Crippen LogP contribution is -2.33. The zero-order valence-electron chi connectivity index (χ0n) is 19.5. The predicted octanol–water partition coefficient (Wildman–Crippen LogP) is 3.99. The zero-order valence-corrected chi connectivity index (χ0v) is 20.3. The van der Waals surface area contributed by atoms with E-state index in [2.05, 4.69) is 20.8 Å². The number of methoxy groups -OCH3 is 1.